The van der Waals surface area contributed by atoms with Gasteiger partial charge in [-0.1, -0.05) is 36.4 Å². The summed E-state index contributed by atoms with van der Waals surface area (Å²) in [6.07, 6.45) is -0.0904. The molecule has 2 aromatic carbocycles. The van der Waals surface area contributed by atoms with Crippen LogP contribution in [0.25, 0.3) is 11.1 Å². The molecule has 6 heteroatoms. The summed E-state index contributed by atoms with van der Waals surface area (Å²) in [7, 11) is 1.64. The summed E-state index contributed by atoms with van der Waals surface area (Å²) in [5, 5.41) is 11.3. The van der Waals surface area contributed by atoms with Crippen molar-refractivity contribution in [2.45, 2.75) is 26.3 Å². The summed E-state index contributed by atoms with van der Waals surface area (Å²) in [5.74, 6) is -0.125. The lowest BCUT2D eigenvalue weighted by molar-refractivity contribution is -0.136. The van der Waals surface area contributed by atoms with Crippen molar-refractivity contribution in [2.75, 3.05) is 20.2 Å². The van der Waals surface area contributed by atoms with Gasteiger partial charge in [-0.25, -0.2) is 4.79 Å². The number of rotatable bonds is 8. The summed E-state index contributed by atoms with van der Waals surface area (Å²) in [6, 6.07) is 15.5. The Morgan fingerprint density at radius 2 is 1.85 bits per heavy atom. The normalized spacial score (nSPS) is 11.5. The topological polar surface area (TPSA) is 78.9 Å². The number of carbonyl (C=O) groups is 2. The van der Waals surface area contributed by atoms with Crippen LogP contribution in [0.3, 0.4) is 0 Å². The SMILES string of the molecule is CCN(C(=O)NCCC(=O)O)C(C)c1ccc(-c2cccc(OC)c2)cc1. The van der Waals surface area contributed by atoms with Gasteiger partial charge in [-0.2, -0.15) is 0 Å². The molecule has 0 aliphatic rings. The van der Waals surface area contributed by atoms with Crippen molar-refractivity contribution in [3.05, 3.63) is 54.1 Å². The predicted octanol–water partition coefficient (Wildman–Crippen LogP) is 3.93. The van der Waals surface area contributed by atoms with E-state index in [0.29, 0.717) is 6.54 Å². The van der Waals surface area contributed by atoms with Gasteiger partial charge in [0.15, 0.2) is 0 Å². The maximum absolute atomic E-state index is 12.3. The monoisotopic (exact) mass is 370 g/mol. The number of nitrogens with zero attached hydrogens (tertiary/aromatic N) is 1. The molecule has 0 fully saturated rings. The Bertz CT molecular complexity index is 774. The van der Waals surface area contributed by atoms with Crippen LogP contribution in [0.4, 0.5) is 4.79 Å². The van der Waals surface area contributed by atoms with E-state index >= 15 is 0 Å². The number of hydrogen-bond donors (Lipinski definition) is 2. The minimum Gasteiger partial charge on any atom is -0.497 e. The quantitative estimate of drug-likeness (QED) is 0.738. The Balaban J connectivity index is 2.09. The highest BCUT2D eigenvalue weighted by Gasteiger charge is 2.19. The first kappa shape index (κ1) is 20.3. The van der Waals surface area contributed by atoms with Crippen LogP contribution in [-0.4, -0.2) is 42.2 Å². The van der Waals surface area contributed by atoms with Gasteiger partial charge in [0, 0.05) is 13.1 Å². The van der Waals surface area contributed by atoms with Crippen LogP contribution >= 0.6 is 0 Å². The second-order valence-electron chi connectivity index (χ2n) is 6.19. The molecule has 2 N–H and O–H groups in total. The van der Waals surface area contributed by atoms with Crippen molar-refractivity contribution in [1.29, 1.82) is 0 Å². The number of aliphatic carboxylic acids is 1. The van der Waals surface area contributed by atoms with Crippen LogP contribution in [0.2, 0.25) is 0 Å². The molecule has 2 rings (SSSR count). The van der Waals surface area contributed by atoms with Crippen molar-refractivity contribution in [1.82, 2.24) is 10.2 Å². The number of benzene rings is 2. The molecule has 144 valence electrons. The highest BCUT2D eigenvalue weighted by Crippen LogP contribution is 2.27. The number of hydrogen-bond acceptors (Lipinski definition) is 3. The van der Waals surface area contributed by atoms with Gasteiger partial charge in [-0.15, -0.1) is 0 Å². The molecule has 2 amide bonds. The van der Waals surface area contributed by atoms with Crippen molar-refractivity contribution < 1.29 is 19.4 Å². The molecule has 0 spiro atoms. The number of urea groups is 1. The number of carboxylic acid groups (broad SMARTS) is 1. The molecule has 0 saturated heterocycles. The Labute approximate surface area is 159 Å². The Kier molecular flexibility index (Phi) is 7.23. The number of methoxy groups -OCH3 is 1. The van der Waals surface area contributed by atoms with Crippen molar-refractivity contribution in [3.8, 4) is 16.9 Å². The Hall–Kier alpha value is -3.02. The minimum atomic E-state index is -0.931. The van der Waals surface area contributed by atoms with Crippen molar-refractivity contribution in [3.63, 3.8) is 0 Å². The zero-order valence-corrected chi connectivity index (χ0v) is 15.9. The number of ether oxygens (including phenoxy) is 1. The fraction of sp³-hybridized carbons (Fsp3) is 0.333. The average Bonchev–Trinajstić information content (AvgIpc) is 2.68. The lowest BCUT2D eigenvalue weighted by Crippen LogP contribution is -2.42. The minimum absolute atomic E-state index is 0.0904. The van der Waals surface area contributed by atoms with Crippen molar-refractivity contribution >= 4 is 12.0 Å². The lowest BCUT2D eigenvalue weighted by atomic mass is 10.0. The first-order valence-corrected chi connectivity index (χ1v) is 8.97. The maximum atomic E-state index is 12.3. The van der Waals surface area contributed by atoms with E-state index < -0.39 is 5.97 Å². The maximum Gasteiger partial charge on any atom is 0.317 e. The van der Waals surface area contributed by atoms with E-state index in [-0.39, 0.29) is 25.0 Å². The van der Waals surface area contributed by atoms with Crippen LogP contribution in [0.5, 0.6) is 5.75 Å². The zero-order valence-electron chi connectivity index (χ0n) is 15.9. The molecule has 6 nitrogen and oxygen atoms in total. The molecule has 1 atom stereocenters. The fourth-order valence-corrected chi connectivity index (χ4v) is 2.91. The van der Waals surface area contributed by atoms with E-state index in [0.717, 1.165) is 22.4 Å². The number of carboxylic acids is 1. The van der Waals surface area contributed by atoms with Gasteiger partial charge in [0.05, 0.1) is 19.6 Å². The molecule has 0 bridgehead atoms. The van der Waals surface area contributed by atoms with E-state index in [1.54, 1.807) is 12.0 Å². The van der Waals surface area contributed by atoms with Gasteiger partial charge in [0.2, 0.25) is 0 Å². The first-order valence-electron chi connectivity index (χ1n) is 8.97. The van der Waals surface area contributed by atoms with Crippen LogP contribution in [0.1, 0.15) is 31.9 Å². The molecule has 0 aliphatic heterocycles. The fourth-order valence-electron chi connectivity index (χ4n) is 2.91. The smallest absolute Gasteiger partial charge is 0.317 e. The highest BCUT2D eigenvalue weighted by atomic mass is 16.5. The van der Waals surface area contributed by atoms with Crippen molar-refractivity contribution in [2.24, 2.45) is 0 Å². The summed E-state index contributed by atoms with van der Waals surface area (Å²) in [4.78, 5) is 24.6. The van der Waals surface area contributed by atoms with E-state index in [1.165, 1.54) is 0 Å². The molecule has 27 heavy (non-hydrogen) atoms. The first-order chi connectivity index (χ1) is 13.0. The zero-order chi connectivity index (χ0) is 19.8. The van der Waals surface area contributed by atoms with Gasteiger partial charge in [-0.05, 0) is 42.7 Å². The average molecular weight is 370 g/mol. The molecule has 0 radical (unpaired) electrons. The molecular formula is C21H26N2O4. The summed E-state index contributed by atoms with van der Waals surface area (Å²) < 4.78 is 5.27. The molecular weight excluding hydrogens is 344 g/mol. The molecule has 1 unspecified atom stereocenters. The lowest BCUT2D eigenvalue weighted by Gasteiger charge is -2.28. The van der Waals surface area contributed by atoms with E-state index in [2.05, 4.69) is 5.32 Å². The molecule has 0 aromatic heterocycles. The van der Waals surface area contributed by atoms with Gasteiger partial charge < -0.3 is 20.1 Å². The third-order valence-corrected chi connectivity index (χ3v) is 4.48. The van der Waals surface area contributed by atoms with Gasteiger partial charge >= 0.3 is 12.0 Å². The van der Waals surface area contributed by atoms with Gasteiger partial charge in [0.25, 0.3) is 0 Å². The van der Waals surface area contributed by atoms with Crippen LogP contribution in [0, 0.1) is 0 Å². The van der Waals surface area contributed by atoms with E-state index in [4.69, 9.17) is 9.84 Å². The van der Waals surface area contributed by atoms with Gasteiger partial charge in [-0.3, -0.25) is 4.79 Å². The summed E-state index contributed by atoms with van der Waals surface area (Å²) in [5.41, 5.74) is 3.14. The summed E-state index contributed by atoms with van der Waals surface area (Å²) >= 11 is 0. The Morgan fingerprint density at radius 1 is 1.15 bits per heavy atom. The summed E-state index contributed by atoms with van der Waals surface area (Å²) in [6.45, 7) is 4.50. The number of nitrogens with one attached hydrogen (secondary N) is 1. The second kappa shape index (κ2) is 9.62. The standard InChI is InChI=1S/C21H26N2O4/c1-4-23(21(26)22-13-12-20(24)25)15(2)16-8-10-17(11-9-16)18-6-5-7-19(14-18)27-3/h5-11,14-15H,4,12-13H2,1-3H3,(H,22,26)(H,24,25). The van der Waals surface area contributed by atoms with E-state index in [1.807, 2.05) is 62.4 Å². The third-order valence-electron chi connectivity index (χ3n) is 4.48. The van der Waals surface area contributed by atoms with Crippen LogP contribution < -0.4 is 10.1 Å². The third kappa shape index (κ3) is 5.48. The number of carbonyl (C=O) groups excluding carboxylic acids is 1. The largest absolute Gasteiger partial charge is 0.497 e. The predicted molar refractivity (Wildman–Crippen MR) is 105 cm³/mol. The molecule has 2 aromatic rings. The number of amides is 2. The molecule has 0 heterocycles. The Morgan fingerprint density at radius 3 is 2.44 bits per heavy atom. The van der Waals surface area contributed by atoms with Gasteiger partial charge in [0.1, 0.15) is 5.75 Å². The molecule has 0 aliphatic carbocycles. The second-order valence-corrected chi connectivity index (χ2v) is 6.19. The van der Waals surface area contributed by atoms with E-state index in [9.17, 15) is 9.59 Å². The highest BCUT2D eigenvalue weighted by molar-refractivity contribution is 5.76. The molecule has 0 saturated carbocycles. The van der Waals surface area contributed by atoms with Crippen LogP contribution in [0.15, 0.2) is 48.5 Å². The van der Waals surface area contributed by atoms with Crippen LogP contribution in [-0.2, 0) is 4.79 Å².